The van der Waals surface area contributed by atoms with E-state index in [0.717, 1.165) is 22.5 Å². The molecule has 122 valence electrons. The first-order valence-electron chi connectivity index (χ1n) is 7.62. The van der Waals surface area contributed by atoms with E-state index in [1.54, 1.807) is 12.4 Å². The van der Waals surface area contributed by atoms with E-state index in [2.05, 4.69) is 15.3 Å². The van der Waals surface area contributed by atoms with Crippen molar-refractivity contribution in [2.24, 2.45) is 10.7 Å². The van der Waals surface area contributed by atoms with Gasteiger partial charge < -0.3 is 16.0 Å². The molecule has 24 heavy (non-hydrogen) atoms. The fourth-order valence-electron chi connectivity index (χ4n) is 2.47. The number of carbonyl (C=O) groups excluding carboxylic acids is 1. The SMILES string of the molecule is Cc1ccccc1NC(=O)C1=C(N)N(C)CC(c2cccnc2)=N1. The highest BCUT2D eigenvalue weighted by Gasteiger charge is 2.23. The van der Waals surface area contributed by atoms with Crippen molar-refractivity contribution in [1.82, 2.24) is 9.88 Å². The number of aliphatic imine (C=N–C) groups is 1. The summed E-state index contributed by atoms with van der Waals surface area (Å²) in [7, 11) is 1.83. The molecule has 6 nitrogen and oxygen atoms in total. The van der Waals surface area contributed by atoms with Crippen LogP contribution in [-0.4, -0.2) is 35.1 Å². The fourth-order valence-corrected chi connectivity index (χ4v) is 2.47. The normalized spacial score (nSPS) is 14.4. The summed E-state index contributed by atoms with van der Waals surface area (Å²) in [5.74, 6) is 0.0310. The minimum atomic E-state index is -0.324. The largest absolute Gasteiger partial charge is 0.383 e. The third kappa shape index (κ3) is 3.12. The Morgan fingerprint density at radius 2 is 2.04 bits per heavy atom. The maximum absolute atomic E-state index is 12.7. The first-order chi connectivity index (χ1) is 11.6. The Hall–Kier alpha value is -3.15. The highest BCUT2D eigenvalue weighted by atomic mass is 16.2. The zero-order valence-electron chi connectivity index (χ0n) is 13.7. The molecule has 2 aromatic rings. The third-order valence-corrected chi connectivity index (χ3v) is 3.89. The summed E-state index contributed by atoms with van der Waals surface area (Å²) in [5.41, 5.74) is 9.65. The minimum absolute atomic E-state index is 0.214. The third-order valence-electron chi connectivity index (χ3n) is 3.89. The van der Waals surface area contributed by atoms with Gasteiger partial charge in [0, 0.05) is 30.7 Å². The van der Waals surface area contributed by atoms with Gasteiger partial charge in [0.1, 0.15) is 5.82 Å². The number of rotatable bonds is 3. The molecule has 1 amide bonds. The maximum Gasteiger partial charge on any atom is 0.278 e. The molecule has 1 aliphatic heterocycles. The number of hydrogen-bond acceptors (Lipinski definition) is 5. The van der Waals surface area contributed by atoms with Gasteiger partial charge in [-0.15, -0.1) is 0 Å². The van der Waals surface area contributed by atoms with E-state index in [1.807, 2.05) is 55.3 Å². The van der Waals surface area contributed by atoms with Gasteiger partial charge in [0.15, 0.2) is 5.70 Å². The number of nitrogens with zero attached hydrogens (tertiary/aromatic N) is 3. The molecule has 0 atom stereocenters. The Morgan fingerprint density at radius 3 is 2.75 bits per heavy atom. The van der Waals surface area contributed by atoms with Gasteiger partial charge in [-0.2, -0.15) is 0 Å². The van der Waals surface area contributed by atoms with Crippen molar-refractivity contribution in [3.8, 4) is 0 Å². The smallest absolute Gasteiger partial charge is 0.278 e. The zero-order chi connectivity index (χ0) is 17.1. The average molecular weight is 321 g/mol. The maximum atomic E-state index is 12.7. The summed E-state index contributed by atoms with van der Waals surface area (Å²) < 4.78 is 0. The van der Waals surface area contributed by atoms with Crippen LogP contribution < -0.4 is 11.1 Å². The van der Waals surface area contributed by atoms with E-state index in [1.165, 1.54) is 0 Å². The van der Waals surface area contributed by atoms with Crippen LogP contribution in [0, 0.1) is 6.92 Å². The predicted molar refractivity (Wildman–Crippen MR) is 94.4 cm³/mol. The monoisotopic (exact) mass is 321 g/mol. The topological polar surface area (TPSA) is 83.6 Å². The molecule has 2 heterocycles. The Bertz CT molecular complexity index is 826. The van der Waals surface area contributed by atoms with Crippen LogP contribution in [0.3, 0.4) is 0 Å². The van der Waals surface area contributed by atoms with Gasteiger partial charge in [-0.25, -0.2) is 4.99 Å². The number of benzene rings is 1. The van der Waals surface area contributed by atoms with Gasteiger partial charge in [-0.1, -0.05) is 24.3 Å². The molecular formula is C18H19N5O. The average Bonchev–Trinajstić information content (AvgIpc) is 2.60. The molecule has 3 rings (SSSR count). The number of likely N-dealkylation sites (N-methyl/N-ethyl adjacent to an activating group) is 1. The molecule has 1 aliphatic rings. The van der Waals surface area contributed by atoms with E-state index in [9.17, 15) is 4.79 Å². The lowest BCUT2D eigenvalue weighted by Gasteiger charge is -2.26. The number of carbonyl (C=O) groups is 1. The van der Waals surface area contributed by atoms with E-state index in [-0.39, 0.29) is 11.6 Å². The summed E-state index contributed by atoms with van der Waals surface area (Å²) in [5, 5.41) is 2.88. The van der Waals surface area contributed by atoms with Gasteiger partial charge in [0.05, 0.1) is 12.3 Å². The van der Waals surface area contributed by atoms with Crippen molar-refractivity contribution in [2.45, 2.75) is 6.92 Å². The number of aromatic nitrogens is 1. The second-order valence-electron chi connectivity index (χ2n) is 5.66. The van der Waals surface area contributed by atoms with Gasteiger partial charge in [-0.3, -0.25) is 9.78 Å². The number of amides is 1. The number of aryl methyl sites for hydroxylation is 1. The van der Waals surface area contributed by atoms with Crippen LogP contribution in [0.2, 0.25) is 0 Å². The number of anilines is 1. The zero-order valence-corrected chi connectivity index (χ0v) is 13.7. The number of pyridine rings is 1. The number of nitrogens with one attached hydrogen (secondary N) is 1. The Morgan fingerprint density at radius 1 is 1.25 bits per heavy atom. The highest BCUT2D eigenvalue weighted by Crippen LogP contribution is 2.19. The van der Waals surface area contributed by atoms with Crippen LogP contribution in [0.25, 0.3) is 0 Å². The molecule has 0 spiro atoms. The van der Waals surface area contributed by atoms with E-state index in [0.29, 0.717) is 12.4 Å². The molecule has 0 saturated heterocycles. The first kappa shape index (κ1) is 15.7. The van der Waals surface area contributed by atoms with Crippen LogP contribution >= 0.6 is 0 Å². The van der Waals surface area contributed by atoms with Crippen molar-refractivity contribution in [2.75, 3.05) is 18.9 Å². The Balaban J connectivity index is 1.92. The van der Waals surface area contributed by atoms with E-state index < -0.39 is 0 Å². The molecule has 0 bridgehead atoms. The molecule has 0 unspecified atom stereocenters. The predicted octanol–water partition coefficient (Wildman–Crippen LogP) is 1.89. The number of nitrogens with two attached hydrogens (primary N) is 1. The number of hydrogen-bond donors (Lipinski definition) is 2. The summed E-state index contributed by atoms with van der Waals surface area (Å²) in [6.07, 6.45) is 3.43. The van der Waals surface area contributed by atoms with Crippen molar-refractivity contribution >= 4 is 17.3 Å². The van der Waals surface area contributed by atoms with Crippen molar-refractivity contribution in [3.63, 3.8) is 0 Å². The van der Waals surface area contributed by atoms with Crippen LogP contribution in [0.1, 0.15) is 11.1 Å². The van der Waals surface area contributed by atoms with Crippen LogP contribution in [-0.2, 0) is 4.79 Å². The molecule has 0 saturated carbocycles. The summed E-state index contributed by atoms with van der Waals surface area (Å²) in [6.45, 7) is 2.46. The van der Waals surface area contributed by atoms with Gasteiger partial charge in [-0.05, 0) is 24.6 Å². The lowest BCUT2D eigenvalue weighted by atomic mass is 10.1. The second kappa shape index (κ2) is 6.54. The molecule has 3 N–H and O–H groups in total. The highest BCUT2D eigenvalue weighted by molar-refractivity contribution is 6.10. The first-order valence-corrected chi connectivity index (χ1v) is 7.62. The number of para-hydroxylation sites is 1. The quantitative estimate of drug-likeness (QED) is 0.904. The summed E-state index contributed by atoms with van der Waals surface area (Å²) in [4.78, 5) is 23.1. The lowest BCUT2D eigenvalue weighted by molar-refractivity contribution is -0.113. The molecule has 0 radical (unpaired) electrons. The molecule has 0 aliphatic carbocycles. The van der Waals surface area contributed by atoms with Crippen molar-refractivity contribution in [1.29, 1.82) is 0 Å². The Labute approximate surface area is 140 Å². The van der Waals surface area contributed by atoms with Crippen molar-refractivity contribution in [3.05, 3.63) is 71.4 Å². The minimum Gasteiger partial charge on any atom is -0.383 e. The van der Waals surface area contributed by atoms with Crippen molar-refractivity contribution < 1.29 is 4.79 Å². The molecule has 0 fully saturated rings. The lowest BCUT2D eigenvalue weighted by Crippen LogP contribution is -2.37. The standard InChI is InChI=1S/C18H19N5O/c1-12-6-3-4-8-14(12)22-18(24)16-17(19)23(2)11-15(21-16)13-7-5-9-20-10-13/h3-10H,11,19H2,1-2H3,(H,22,24). The van der Waals surface area contributed by atoms with E-state index in [4.69, 9.17) is 5.73 Å². The van der Waals surface area contributed by atoms with Gasteiger partial charge >= 0.3 is 0 Å². The Kier molecular flexibility index (Phi) is 4.29. The molecule has 6 heteroatoms. The van der Waals surface area contributed by atoms with Gasteiger partial charge in [0.25, 0.3) is 5.91 Å². The summed E-state index contributed by atoms with van der Waals surface area (Å²) >= 11 is 0. The van der Waals surface area contributed by atoms with Crippen LogP contribution in [0.4, 0.5) is 5.69 Å². The second-order valence-corrected chi connectivity index (χ2v) is 5.66. The molecular weight excluding hydrogens is 302 g/mol. The van der Waals surface area contributed by atoms with E-state index >= 15 is 0 Å². The summed E-state index contributed by atoms with van der Waals surface area (Å²) in [6, 6.07) is 11.3. The van der Waals surface area contributed by atoms with Crippen LogP contribution in [0.15, 0.2) is 65.3 Å². The molecule has 1 aromatic carbocycles. The van der Waals surface area contributed by atoms with Gasteiger partial charge in [0.2, 0.25) is 0 Å². The van der Waals surface area contributed by atoms with Crippen LogP contribution in [0.5, 0.6) is 0 Å². The fraction of sp³-hybridized carbons (Fsp3) is 0.167. The molecule has 1 aromatic heterocycles.